The monoisotopic (exact) mass is 352 g/mol. The van der Waals surface area contributed by atoms with E-state index in [1.54, 1.807) is 12.1 Å². The van der Waals surface area contributed by atoms with Crippen LogP contribution in [0.3, 0.4) is 0 Å². The Kier molecular flexibility index (Phi) is 3.93. The summed E-state index contributed by atoms with van der Waals surface area (Å²) in [7, 11) is 1.38. The maximum Gasteiger partial charge on any atom is 0.364 e. The van der Waals surface area contributed by atoms with E-state index in [-0.39, 0.29) is 17.7 Å². The van der Waals surface area contributed by atoms with Crippen LogP contribution in [0.1, 0.15) is 22.9 Å². The smallest absolute Gasteiger partial charge is 0.364 e. The lowest BCUT2D eigenvalue weighted by Gasteiger charge is -2.26. The van der Waals surface area contributed by atoms with Crippen LogP contribution in [0.15, 0.2) is 48.5 Å². The summed E-state index contributed by atoms with van der Waals surface area (Å²) in [5, 5.41) is 14.1. The van der Waals surface area contributed by atoms with Crippen LogP contribution in [0.4, 0.5) is 5.69 Å². The molecule has 2 heterocycles. The maximum atomic E-state index is 12.2. The van der Waals surface area contributed by atoms with Crippen molar-refractivity contribution >= 4 is 22.6 Å². The van der Waals surface area contributed by atoms with Crippen LogP contribution in [0.2, 0.25) is 0 Å². The zero-order chi connectivity index (χ0) is 18.3. The van der Waals surface area contributed by atoms with E-state index in [9.17, 15) is 14.9 Å². The van der Waals surface area contributed by atoms with Crippen LogP contribution in [0, 0.1) is 10.1 Å². The molecule has 2 atom stereocenters. The lowest BCUT2D eigenvalue weighted by Crippen LogP contribution is -2.94. The number of methoxy groups -OCH3 is 1. The number of quaternary nitrogens is 1. The molecule has 3 aromatic rings. The standard InChI is InChI=1S/C19H17N3O4/c1-26-19(23)16-10-14-13-7-2-3-8-15(13)20-18(14)17(21-16)11-5-4-6-12(9-11)22(24)25/h2-9,16-17,20-21H,10H2,1H3/p+1. The van der Waals surface area contributed by atoms with E-state index < -0.39 is 11.0 Å². The van der Waals surface area contributed by atoms with Gasteiger partial charge in [0, 0.05) is 35.0 Å². The molecule has 2 unspecified atom stereocenters. The third-order valence-corrected chi connectivity index (χ3v) is 4.95. The normalized spacial score (nSPS) is 19.1. The molecule has 0 saturated carbocycles. The number of nitrogens with two attached hydrogens (primary N) is 1. The van der Waals surface area contributed by atoms with Crippen molar-refractivity contribution in [2.24, 2.45) is 0 Å². The third kappa shape index (κ3) is 2.62. The summed E-state index contributed by atoms with van der Waals surface area (Å²) in [6, 6.07) is 13.9. The highest BCUT2D eigenvalue weighted by atomic mass is 16.6. The number of nitro groups is 1. The van der Waals surface area contributed by atoms with Gasteiger partial charge in [-0.3, -0.25) is 10.1 Å². The fraction of sp³-hybridized carbons (Fsp3) is 0.211. The summed E-state index contributed by atoms with van der Waals surface area (Å²) in [5.41, 5.74) is 3.85. The highest BCUT2D eigenvalue weighted by molar-refractivity contribution is 5.86. The van der Waals surface area contributed by atoms with Crippen molar-refractivity contribution in [3.05, 3.63) is 75.5 Å². The number of nitrogens with one attached hydrogen (secondary N) is 1. The van der Waals surface area contributed by atoms with Gasteiger partial charge in [-0.05, 0) is 11.6 Å². The molecule has 4 rings (SSSR count). The molecule has 1 aromatic heterocycles. The van der Waals surface area contributed by atoms with Crippen LogP contribution in [-0.4, -0.2) is 29.0 Å². The van der Waals surface area contributed by atoms with Gasteiger partial charge in [0.2, 0.25) is 0 Å². The first-order valence-electron chi connectivity index (χ1n) is 8.35. The van der Waals surface area contributed by atoms with Crippen molar-refractivity contribution in [1.82, 2.24) is 4.98 Å². The van der Waals surface area contributed by atoms with Crippen LogP contribution < -0.4 is 5.32 Å². The summed E-state index contributed by atoms with van der Waals surface area (Å²) < 4.78 is 4.95. The number of ether oxygens (including phenoxy) is 1. The molecule has 1 aliphatic rings. The third-order valence-electron chi connectivity index (χ3n) is 4.95. The summed E-state index contributed by atoms with van der Waals surface area (Å²) >= 11 is 0. The minimum Gasteiger partial charge on any atom is -0.465 e. The van der Waals surface area contributed by atoms with Crippen LogP contribution in [-0.2, 0) is 16.0 Å². The fourth-order valence-electron chi connectivity index (χ4n) is 3.75. The summed E-state index contributed by atoms with van der Waals surface area (Å²) in [6.07, 6.45) is 0.553. The van der Waals surface area contributed by atoms with Crippen LogP contribution in [0.25, 0.3) is 10.9 Å². The van der Waals surface area contributed by atoms with Gasteiger partial charge in [-0.1, -0.05) is 30.3 Å². The highest BCUT2D eigenvalue weighted by Crippen LogP contribution is 2.32. The fourth-order valence-corrected chi connectivity index (χ4v) is 3.75. The number of fused-ring (bicyclic) bond motifs is 3. The molecule has 0 spiro atoms. The number of H-pyrrole nitrogens is 1. The molecule has 7 nitrogen and oxygen atoms in total. The molecule has 0 saturated heterocycles. The quantitative estimate of drug-likeness (QED) is 0.426. The Balaban J connectivity index is 1.87. The lowest BCUT2D eigenvalue weighted by molar-refractivity contribution is -0.712. The van der Waals surface area contributed by atoms with Gasteiger partial charge in [0.05, 0.1) is 17.7 Å². The molecular weight excluding hydrogens is 334 g/mol. The second-order valence-electron chi connectivity index (χ2n) is 6.42. The molecule has 2 aromatic carbocycles. The van der Waals surface area contributed by atoms with Crippen molar-refractivity contribution in [1.29, 1.82) is 0 Å². The van der Waals surface area contributed by atoms with E-state index in [0.717, 1.165) is 27.7 Å². The van der Waals surface area contributed by atoms with Gasteiger partial charge in [-0.25, -0.2) is 4.79 Å². The molecule has 1 aliphatic heterocycles. The van der Waals surface area contributed by atoms with E-state index in [1.807, 2.05) is 35.6 Å². The van der Waals surface area contributed by atoms with Crippen molar-refractivity contribution in [3.8, 4) is 0 Å². The summed E-state index contributed by atoms with van der Waals surface area (Å²) in [5.74, 6) is -0.295. The van der Waals surface area contributed by atoms with Gasteiger partial charge in [0.1, 0.15) is 0 Å². The number of hydrogen-bond donors (Lipinski definition) is 2. The maximum absolute atomic E-state index is 12.2. The van der Waals surface area contributed by atoms with Gasteiger partial charge >= 0.3 is 5.97 Å². The first-order chi connectivity index (χ1) is 12.6. The SMILES string of the molecule is COC(=O)C1Cc2c([nH]c3ccccc23)C(c2cccc([N+](=O)[O-])c2)[NH2+]1. The van der Waals surface area contributed by atoms with Crippen molar-refractivity contribution < 1.29 is 19.8 Å². The van der Waals surface area contributed by atoms with Crippen molar-refractivity contribution in [2.75, 3.05) is 7.11 Å². The van der Waals surface area contributed by atoms with Crippen LogP contribution in [0.5, 0.6) is 0 Å². The Morgan fingerprint density at radius 3 is 2.85 bits per heavy atom. The van der Waals surface area contributed by atoms with Crippen LogP contribution >= 0.6 is 0 Å². The van der Waals surface area contributed by atoms with Gasteiger partial charge in [-0.15, -0.1) is 0 Å². The van der Waals surface area contributed by atoms with Gasteiger partial charge in [0.15, 0.2) is 12.1 Å². The zero-order valence-corrected chi connectivity index (χ0v) is 14.1. The molecule has 0 fully saturated rings. The Morgan fingerprint density at radius 1 is 1.27 bits per heavy atom. The predicted octanol–water partition coefficient (Wildman–Crippen LogP) is 1.83. The van der Waals surface area contributed by atoms with E-state index >= 15 is 0 Å². The molecule has 132 valence electrons. The van der Waals surface area contributed by atoms with E-state index in [1.165, 1.54) is 13.2 Å². The average molecular weight is 352 g/mol. The predicted molar refractivity (Wildman–Crippen MR) is 94.7 cm³/mol. The molecule has 26 heavy (non-hydrogen) atoms. The number of aromatic nitrogens is 1. The highest BCUT2D eigenvalue weighted by Gasteiger charge is 2.38. The Labute approximate surface area is 149 Å². The molecule has 0 aliphatic carbocycles. The number of carbonyl (C=O) groups excluding carboxylic acids is 1. The number of benzene rings is 2. The zero-order valence-electron chi connectivity index (χ0n) is 14.1. The first kappa shape index (κ1) is 16.3. The Hall–Kier alpha value is -3.19. The minimum absolute atomic E-state index is 0.0359. The largest absolute Gasteiger partial charge is 0.465 e. The number of non-ortho nitro benzene ring substituents is 1. The lowest BCUT2D eigenvalue weighted by atomic mass is 9.90. The van der Waals surface area contributed by atoms with Gasteiger partial charge in [0.25, 0.3) is 5.69 Å². The minimum atomic E-state index is -0.407. The number of aromatic amines is 1. The number of esters is 1. The van der Waals surface area contributed by atoms with Gasteiger partial charge in [-0.2, -0.15) is 0 Å². The van der Waals surface area contributed by atoms with E-state index in [4.69, 9.17) is 4.74 Å². The molecule has 0 radical (unpaired) electrons. The van der Waals surface area contributed by atoms with E-state index in [0.29, 0.717) is 6.42 Å². The number of para-hydroxylation sites is 1. The Morgan fingerprint density at radius 2 is 2.08 bits per heavy atom. The van der Waals surface area contributed by atoms with Crippen molar-refractivity contribution in [2.45, 2.75) is 18.5 Å². The number of carbonyl (C=O) groups is 1. The van der Waals surface area contributed by atoms with Gasteiger partial charge < -0.3 is 15.0 Å². The number of nitro benzene ring substituents is 1. The second-order valence-corrected chi connectivity index (χ2v) is 6.42. The molecule has 3 N–H and O–H groups in total. The number of nitrogens with zero attached hydrogens (tertiary/aromatic N) is 1. The molecular formula is C19H18N3O4+. The van der Waals surface area contributed by atoms with Crippen molar-refractivity contribution in [3.63, 3.8) is 0 Å². The molecule has 7 heteroatoms. The topological polar surface area (TPSA) is 102 Å². The summed E-state index contributed by atoms with van der Waals surface area (Å²) in [4.78, 5) is 26.4. The second kappa shape index (κ2) is 6.27. The Bertz CT molecular complexity index is 1010. The number of hydrogen-bond acceptors (Lipinski definition) is 4. The molecule has 0 bridgehead atoms. The molecule has 0 amide bonds. The average Bonchev–Trinajstić information content (AvgIpc) is 3.05. The first-order valence-corrected chi connectivity index (χ1v) is 8.35. The number of rotatable bonds is 3. The van der Waals surface area contributed by atoms with E-state index in [2.05, 4.69) is 4.98 Å². The summed E-state index contributed by atoms with van der Waals surface area (Å²) in [6.45, 7) is 0.